The van der Waals surface area contributed by atoms with Crippen LogP contribution in [0.25, 0.3) is 27.5 Å². The van der Waals surface area contributed by atoms with Gasteiger partial charge in [-0.15, -0.1) is 0 Å². The van der Waals surface area contributed by atoms with Crippen LogP contribution in [0, 0.1) is 11.6 Å². The van der Waals surface area contributed by atoms with Crippen LogP contribution < -0.4 is 5.56 Å². The minimum Gasteiger partial charge on any atom is -0.319 e. The van der Waals surface area contributed by atoms with Crippen LogP contribution in [0.5, 0.6) is 0 Å². The van der Waals surface area contributed by atoms with Crippen LogP contribution in [0.1, 0.15) is 11.4 Å². The van der Waals surface area contributed by atoms with Gasteiger partial charge in [0.2, 0.25) is 5.56 Å². The van der Waals surface area contributed by atoms with Crippen LogP contribution in [-0.4, -0.2) is 14.5 Å². The number of nitrogens with zero attached hydrogens (tertiary/aromatic N) is 2. The molecule has 0 amide bonds. The van der Waals surface area contributed by atoms with E-state index in [0.717, 1.165) is 28.5 Å². The van der Waals surface area contributed by atoms with Gasteiger partial charge in [0.1, 0.15) is 5.82 Å². The topological polar surface area (TPSA) is 50.7 Å². The molecule has 5 rings (SSSR count). The Morgan fingerprint density at radius 1 is 1.11 bits per heavy atom. The van der Waals surface area contributed by atoms with Gasteiger partial charge in [-0.25, -0.2) is 13.8 Å². The number of aromatic amines is 1. The number of H-pyrrole nitrogens is 1. The Kier molecular flexibility index (Phi) is 3.33. The molecule has 4 aromatic rings. The van der Waals surface area contributed by atoms with E-state index in [1.165, 1.54) is 12.1 Å². The van der Waals surface area contributed by atoms with Crippen molar-refractivity contribution in [2.75, 3.05) is 0 Å². The quantitative estimate of drug-likeness (QED) is 0.596. The maximum atomic E-state index is 14.2. The van der Waals surface area contributed by atoms with Crippen molar-refractivity contribution in [2.45, 2.75) is 6.54 Å². The fraction of sp³-hybridized carbons (Fsp3) is 0.0476. The average molecular weight is 361 g/mol. The number of halogens is 2. The Balaban J connectivity index is 1.75. The zero-order valence-electron chi connectivity index (χ0n) is 14.0. The second-order valence-corrected chi connectivity index (χ2v) is 6.43. The van der Waals surface area contributed by atoms with Gasteiger partial charge in [-0.2, -0.15) is 0 Å². The van der Waals surface area contributed by atoms with Gasteiger partial charge in [-0.1, -0.05) is 30.4 Å². The Hall–Kier alpha value is -3.54. The van der Waals surface area contributed by atoms with E-state index < -0.39 is 17.2 Å². The monoisotopic (exact) mass is 361 g/mol. The van der Waals surface area contributed by atoms with Crippen LogP contribution in [0.15, 0.2) is 65.5 Å². The summed E-state index contributed by atoms with van der Waals surface area (Å²) in [5.74, 6) is -1.27. The molecule has 2 heterocycles. The molecule has 0 atom stereocenters. The third kappa shape index (κ3) is 2.41. The van der Waals surface area contributed by atoms with Gasteiger partial charge in [0, 0.05) is 17.0 Å². The first kappa shape index (κ1) is 15.7. The minimum absolute atomic E-state index is 0.119. The van der Waals surface area contributed by atoms with Crippen molar-refractivity contribution in [3.8, 4) is 0 Å². The second-order valence-electron chi connectivity index (χ2n) is 6.43. The van der Waals surface area contributed by atoms with Crippen molar-refractivity contribution < 1.29 is 8.78 Å². The highest BCUT2D eigenvalue weighted by Gasteiger charge is 2.17. The van der Waals surface area contributed by atoms with Gasteiger partial charge in [0.25, 0.3) is 0 Å². The van der Waals surface area contributed by atoms with Crippen molar-refractivity contribution >= 4 is 27.5 Å². The highest BCUT2D eigenvalue weighted by molar-refractivity contribution is 5.86. The van der Waals surface area contributed by atoms with E-state index in [0.29, 0.717) is 17.5 Å². The molecule has 0 spiro atoms. The van der Waals surface area contributed by atoms with Crippen LogP contribution in [0.3, 0.4) is 0 Å². The number of pyridine rings is 1. The summed E-state index contributed by atoms with van der Waals surface area (Å²) in [6.45, 7) is 0.312. The van der Waals surface area contributed by atoms with Gasteiger partial charge in [-0.3, -0.25) is 4.79 Å². The number of rotatable bonds is 3. The molecule has 1 aliphatic rings. The number of para-hydroxylation sites is 2. The van der Waals surface area contributed by atoms with Crippen molar-refractivity contribution in [1.82, 2.24) is 14.5 Å². The number of benzene rings is 2. The van der Waals surface area contributed by atoms with Gasteiger partial charge < -0.3 is 9.55 Å². The van der Waals surface area contributed by atoms with Crippen molar-refractivity contribution in [1.29, 1.82) is 0 Å². The standard InChI is InChI=1S/C21H13F2N3O/c22-15-9-8-14-13(10-18(27)25-20(14)19(15)23)11-26-17-7-2-1-6-16(17)24-21(26)12-4-3-5-12/h1-10H,11H2,(H,25,27). The fourth-order valence-corrected chi connectivity index (χ4v) is 3.43. The number of hydrogen-bond donors (Lipinski definition) is 1. The summed E-state index contributed by atoms with van der Waals surface area (Å²) in [5.41, 5.74) is 2.73. The number of hydrogen-bond acceptors (Lipinski definition) is 2. The van der Waals surface area contributed by atoms with E-state index in [1.54, 1.807) is 0 Å². The number of fused-ring (bicyclic) bond motifs is 2. The van der Waals surface area contributed by atoms with E-state index in [4.69, 9.17) is 0 Å². The molecule has 0 fully saturated rings. The Labute approximate surface area is 152 Å². The molecule has 27 heavy (non-hydrogen) atoms. The van der Waals surface area contributed by atoms with Gasteiger partial charge in [-0.05, 0) is 29.8 Å². The Bertz CT molecular complexity index is 1350. The molecular formula is C21H13F2N3O. The highest BCUT2D eigenvalue weighted by Crippen LogP contribution is 2.28. The van der Waals surface area contributed by atoms with Crippen LogP contribution in [0.4, 0.5) is 8.78 Å². The largest absolute Gasteiger partial charge is 0.319 e. The van der Waals surface area contributed by atoms with Crippen LogP contribution in [-0.2, 0) is 6.54 Å². The molecular weight excluding hydrogens is 348 g/mol. The number of allylic oxidation sites excluding steroid dienone is 4. The van der Waals surface area contributed by atoms with Crippen molar-refractivity contribution in [3.05, 3.63) is 94.1 Å². The lowest BCUT2D eigenvalue weighted by atomic mass is 10.1. The van der Waals surface area contributed by atoms with Crippen molar-refractivity contribution in [3.63, 3.8) is 0 Å². The maximum Gasteiger partial charge on any atom is 0.248 e. The van der Waals surface area contributed by atoms with Crippen LogP contribution in [0.2, 0.25) is 0 Å². The van der Waals surface area contributed by atoms with E-state index in [9.17, 15) is 13.6 Å². The summed E-state index contributed by atoms with van der Waals surface area (Å²) in [6.07, 6.45) is 5.85. The molecule has 1 N–H and O–H groups in total. The summed E-state index contributed by atoms with van der Waals surface area (Å²) in [4.78, 5) is 19.1. The molecule has 2 aromatic carbocycles. The Morgan fingerprint density at radius 3 is 2.70 bits per heavy atom. The van der Waals surface area contributed by atoms with Gasteiger partial charge >= 0.3 is 0 Å². The molecule has 1 aliphatic carbocycles. The first-order valence-corrected chi connectivity index (χ1v) is 8.46. The normalized spacial score (nSPS) is 13.2. The number of imidazole rings is 1. The maximum absolute atomic E-state index is 14.2. The smallest absolute Gasteiger partial charge is 0.248 e. The molecule has 0 saturated carbocycles. The lowest BCUT2D eigenvalue weighted by Crippen LogP contribution is -2.12. The number of aromatic nitrogens is 3. The van der Waals surface area contributed by atoms with Crippen LogP contribution >= 0.6 is 0 Å². The summed E-state index contributed by atoms with van der Waals surface area (Å²) < 4.78 is 29.8. The van der Waals surface area contributed by atoms with Gasteiger partial charge in [0.15, 0.2) is 11.6 Å². The molecule has 4 nitrogen and oxygen atoms in total. The number of nitrogens with one attached hydrogen (secondary N) is 1. The predicted octanol–water partition coefficient (Wildman–Crippen LogP) is 4.16. The fourth-order valence-electron chi connectivity index (χ4n) is 3.43. The second kappa shape index (κ2) is 5.74. The molecule has 6 heteroatoms. The zero-order chi connectivity index (χ0) is 18.5. The summed E-state index contributed by atoms with van der Waals surface area (Å²) in [6, 6.07) is 11.7. The highest BCUT2D eigenvalue weighted by atomic mass is 19.2. The summed E-state index contributed by atoms with van der Waals surface area (Å²) >= 11 is 0. The average Bonchev–Trinajstić information content (AvgIpc) is 2.95. The van der Waals surface area contributed by atoms with E-state index >= 15 is 0 Å². The first-order valence-electron chi connectivity index (χ1n) is 8.46. The van der Waals surface area contributed by atoms with Crippen molar-refractivity contribution in [2.24, 2.45) is 0 Å². The molecule has 0 aliphatic heterocycles. The third-order valence-electron chi connectivity index (χ3n) is 4.79. The molecule has 132 valence electrons. The molecule has 2 aromatic heterocycles. The SMILES string of the molecule is O=c1cc(Cn2c(C3=CC=C3)nc3ccccc32)c2ccc(F)c(F)c2[nH]1. The third-order valence-corrected chi connectivity index (χ3v) is 4.79. The summed E-state index contributed by atoms with van der Waals surface area (Å²) in [5, 5.41) is 0.468. The molecule has 0 saturated heterocycles. The molecule has 0 unspecified atom stereocenters. The lowest BCUT2D eigenvalue weighted by Gasteiger charge is -2.14. The predicted molar refractivity (Wildman–Crippen MR) is 100 cm³/mol. The summed E-state index contributed by atoms with van der Waals surface area (Å²) in [7, 11) is 0. The Morgan fingerprint density at radius 2 is 1.93 bits per heavy atom. The first-order chi connectivity index (χ1) is 13.1. The van der Waals surface area contributed by atoms with Gasteiger partial charge in [0.05, 0.1) is 23.1 Å². The van der Waals surface area contributed by atoms with E-state index in [-0.39, 0.29) is 5.52 Å². The minimum atomic E-state index is -1.05. The molecule has 0 bridgehead atoms. The van der Waals surface area contributed by atoms with E-state index in [2.05, 4.69) is 9.97 Å². The molecule has 0 radical (unpaired) electrons. The van der Waals surface area contributed by atoms with E-state index in [1.807, 2.05) is 47.1 Å². The lowest BCUT2D eigenvalue weighted by molar-refractivity contribution is 0.515. The zero-order valence-corrected chi connectivity index (χ0v) is 14.0.